The predicted molar refractivity (Wildman–Crippen MR) is 94.2 cm³/mol. The number of piperidine rings is 1. The Kier molecular flexibility index (Phi) is 5.29. The lowest BCUT2D eigenvalue weighted by atomic mass is 9.96. The molecular weight excluding hydrogens is 343 g/mol. The van der Waals surface area contributed by atoms with Crippen LogP contribution in [-0.2, 0) is 6.18 Å². The molecule has 26 heavy (non-hydrogen) atoms. The van der Waals surface area contributed by atoms with E-state index in [1.165, 1.54) is 6.20 Å². The van der Waals surface area contributed by atoms with Crippen molar-refractivity contribution in [3.63, 3.8) is 0 Å². The number of hydrogen-bond donors (Lipinski definition) is 0. The summed E-state index contributed by atoms with van der Waals surface area (Å²) in [5, 5.41) is 0. The number of aryl methyl sites for hydroxylation is 1. The second kappa shape index (κ2) is 7.47. The summed E-state index contributed by atoms with van der Waals surface area (Å²) in [5.74, 6) is 1.65. The topological polar surface area (TPSA) is 45.2 Å². The first-order valence-electron chi connectivity index (χ1n) is 8.61. The maximum absolute atomic E-state index is 12.9. The fraction of sp³-hybridized carbons (Fsp3) is 0.500. The number of aromatic nitrogens is 3. The second-order valence-electron chi connectivity index (χ2n) is 6.73. The second-order valence-corrected chi connectivity index (χ2v) is 6.73. The fourth-order valence-corrected chi connectivity index (χ4v) is 3.23. The van der Waals surface area contributed by atoms with Crippen molar-refractivity contribution < 1.29 is 13.2 Å². The van der Waals surface area contributed by atoms with Crippen molar-refractivity contribution in [3.8, 4) is 0 Å². The standard InChI is InChI=1S/C18H22F3N5/c1-13-10-22-11-17(24-13)26-7-4-14(5-8-26)12-25(2)16-9-15(3-6-23-16)18(19,20)21/h3,6,9-11,14H,4-5,7-8,12H2,1-2H3. The highest BCUT2D eigenvalue weighted by atomic mass is 19.4. The molecule has 8 heteroatoms. The van der Waals surface area contributed by atoms with Crippen LogP contribution >= 0.6 is 0 Å². The lowest BCUT2D eigenvalue weighted by molar-refractivity contribution is -0.137. The first-order valence-corrected chi connectivity index (χ1v) is 8.61. The number of halogens is 3. The highest BCUT2D eigenvalue weighted by Crippen LogP contribution is 2.31. The fourth-order valence-electron chi connectivity index (χ4n) is 3.23. The summed E-state index contributed by atoms with van der Waals surface area (Å²) in [6.07, 6.45) is 2.28. The van der Waals surface area contributed by atoms with Crippen LogP contribution < -0.4 is 9.80 Å². The quantitative estimate of drug-likeness (QED) is 0.829. The minimum Gasteiger partial charge on any atom is -0.359 e. The largest absolute Gasteiger partial charge is 0.416 e. The summed E-state index contributed by atoms with van der Waals surface area (Å²) in [7, 11) is 1.79. The third-order valence-corrected chi connectivity index (χ3v) is 4.68. The Morgan fingerprint density at radius 3 is 2.62 bits per heavy atom. The Hall–Kier alpha value is -2.38. The number of rotatable bonds is 4. The summed E-state index contributed by atoms with van der Waals surface area (Å²) in [5.41, 5.74) is 0.224. The van der Waals surface area contributed by atoms with Crippen LogP contribution in [0.5, 0.6) is 0 Å². The minimum absolute atomic E-state index is 0.354. The molecule has 1 aliphatic heterocycles. The van der Waals surface area contributed by atoms with E-state index in [9.17, 15) is 13.2 Å². The van der Waals surface area contributed by atoms with Gasteiger partial charge in [0, 0.05) is 39.1 Å². The molecule has 3 rings (SSSR count). The van der Waals surface area contributed by atoms with Gasteiger partial charge >= 0.3 is 6.18 Å². The molecule has 0 radical (unpaired) electrons. The van der Waals surface area contributed by atoms with E-state index in [4.69, 9.17) is 0 Å². The summed E-state index contributed by atoms with van der Waals surface area (Å²) >= 11 is 0. The smallest absolute Gasteiger partial charge is 0.359 e. The SMILES string of the molecule is Cc1cncc(N2CCC(CN(C)c3cc(C(F)(F)F)ccn3)CC2)n1. The van der Waals surface area contributed by atoms with Crippen LogP contribution in [0.15, 0.2) is 30.7 Å². The van der Waals surface area contributed by atoms with Gasteiger partial charge in [0.1, 0.15) is 11.6 Å². The average Bonchev–Trinajstić information content (AvgIpc) is 2.62. The monoisotopic (exact) mass is 365 g/mol. The van der Waals surface area contributed by atoms with Crippen molar-refractivity contribution in [2.45, 2.75) is 25.9 Å². The highest BCUT2D eigenvalue weighted by Gasteiger charge is 2.31. The van der Waals surface area contributed by atoms with Gasteiger partial charge in [-0.15, -0.1) is 0 Å². The number of anilines is 2. The molecular formula is C18H22F3N5. The van der Waals surface area contributed by atoms with Gasteiger partial charge in [-0.05, 0) is 37.8 Å². The zero-order valence-corrected chi connectivity index (χ0v) is 14.9. The maximum atomic E-state index is 12.9. The van der Waals surface area contributed by atoms with Crippen molar-refractivity contribution in [2.24, 2.45) is 5.92 Å². The van der Waals surface area contributed by atoms with Crippen molar-refractivity contribution in [3.05, 3.63) is 42.0 Å². The van der Waals surface area contributed by atoms with Gasteiger partial charge in [-0.25, -0.2) is 9.97 Å². The van der Waals surface area contributed by atoms with E-state index in [1.807, 2.05) is 11.8 Å². The van der Waals surface area contributed by atoms with Crippen LogP contribution in [0.3, 0.4) is 0 Å². The molecule has 1 saturated heterocycles. The minimum atomic E-state index is -4.35. The van der Waals surface area contributed by atoms with Crippen molar-refractivity contribution in [2.75, 3.05) is 36.5 Å². The molecule has 1 aliphatic rings. The van der Waals surface area contributed by atoms with Gasteiger partial charge in [-0.2, -0.15) is 13.2 Å². The summed E-state index contributed by atoms with van der Waals surface area (Å²) in [6.45, 7) is 4.33. The first-order chi connectivity index (χ1) is 12.3. The summed E-state index contributed by atoms with van der Waals surface area (Å²) < 4.78 is 38.6. The average molecular weight is 365 g/mol. The Morgan fingerprint density at radius 2 is 1.96 bits per heavy atom. The molecule has 140 valence electrons. The molecule has 0 aromatic carbocycles. The zero-order valence-electron chi connectivity index (χ0n) is 14.9. The van der Waals surface area contributed by atoms with Crippen LogP contribution in [0, 0.1) is 12.8 Å². The molecule has 5 nitrogen and oxygen atoms in total. The van der Waals surface area contributed by atoms with Crippen LogP contribution in [0.4, 0.5) is 24.8 Å². The van der Waals surface area contributed by atoms with Crippen LogP contribution in [0.2, 0.25) is 0 Å². The molecule has 0 spiro atoms. The van der Waals surface area contributed by atoms with Crippen LogP contribution in [-0.4, -0.2) is 41.6 Å². The van der Waals surface area contributed by atoms with Gasteiger partial charge in [-0.3, -0.25) is 4.98 Å². The predicted octanol–water partition coefficient (Wildman–Crippen LogP) is 3.55. The van der Waals surface area contributed by atoms with Crippen LogP contribution in [0.25, 0.3) is 0 Å². The molecule has 3 heterocycles. The van der Waals surface area contributed by atoms with E-state index in [2.05, 4.69) is 19.9 Å². The third kappa shape index (κ3) is 4.42. The van der Waals surface area contributed by atoms with Crippen molar-refractivity contribution in [1.82, 2.24) is 15.0 Å². The van der Waals surface area contributed by atoms with E-state index < -0.39 is 11.7 Å². The number of pyridine rings is 1. The van der Waals surface area contributed by atoms with Gasteiger partial charge in [0.15, 0.2) is 0 Å². The Bertz CT molecular complexity index is 742. The molecule has 0 N–H and O–H groups in total. The number of hydrogen-bond acceptors (Lipinski definition) is 5. The zero-order chi connectivity index (χ0) is 18.7. The van der Waals surface area contributed by atoms with Gasteiger partial charge in [0.05, 0.1) is 17.5 Å². The molecule has 2 aromatic heterocycles. The molecule has 2 aromatic rings. The van der Waals surface area contributed by atoms with E-state index in [-0.39, 0.29) is 0 Å². The van der Waals surface area contributed by atoms with Gasteiger partial charge in [0.2, 0.25) is 0 Å². The summed E-state index contributed by atoms with van der Waals surface area (Å²) in [4.78, 5) is 16.8. The Balaban J connectivity index is 1.57. The lowest BCUT2D eigenvalue weighted by Crippen LogP contribution is -2.38. The summed E-state index contributed by atoms with van der Waals surface area (Å²) in [6, 6.07) is 2.11. The van der Waals surface area contributed by atoms with Crippen molar-refractivity contribution in [1.29, 1.82) is 0 Å². The molecule has 1 fully saturated rings. The van der Waals surface area contributed by atoms with E-state index in [1.54, 1.807) is 19.4 Å². The van der Waals surface area contributed by atoms with Crippen LogP contribution in [0.1, 0.15) is 24.1 Å². The van der Waals surface area contributed by atoms with Gasteiger partial charge in [0.25, 0.3) is 0 Å². The van der Waals surface area contributed by atoms with Gasteiger partial charge in [-0.1, -0.05) is 0 Å². The Morgan fingerprint density at radius 1 is 1.23 bits per heavy atom. The third-order valence-electron chi connectivity index (χ3n) is 4.68. The molecule has 0 atom stereocenters. The molecule has 0 aliphatic carbocycles. The van der Waals surface area contributed by atoms with Crippen molar-refractivity contribution >= 4 is 11.6 Å². The van der Waals surface area contributed by atoms with E-state index >= 15 is 0 Å². The number of nitrogens with zero attached hydrogens (tertiary/aromatic N) is 5. The van der Waals surface area contributed by atoms with E-state index in [0.29, 0.717) is 18.3 Å². The first kappa shape index (κ1) is 18.4. The van der Waals surface area contributed by atoms with E-state index in [0.717, 1.165) is 49.6 Å². The Labute approximate surface area is 150 Å². The normalized spacial score (nSPS) is 16.0. The van der Waals surface area contributed by atoms with Gasteiger partial charge < -0.3 is 9.80 Å². The molecule has 0 amide bonds. The molecule has 0 bridgehead atoms. The highest BCUT2D eigenvalue weighted by molar-refractivity contribution is 5.41. The molecule has 0 unspecified atom stereocenters. The molecule has 0 saturated carbocycles. The maximum Gasteiger partial charge on any atom is 0.416 e. The number of alkyl halides is 3. The lowest BCUT2D eigenvalue weighted by Gasteiger charge is -2.34.